The zero-order chi connectivity index (χ0) is 10.2. The molecule has 0 aromatic rings. The highest BCUT2D eigenvalue weighted by atomic mass is 16.1. The number of hydrogen-bond donors (Lipinski definition) is 0. The lowest BCUT2D eigenvalue weighted by molar-refractivity contribution is -0.105. The number of carbonyl (C=O) groups excluding carboxylic acids is 1. The van der Waals surface area contributed by atoms with Gasteiger partial charge >= 0.3 is 0 Å². The molecule has 0 N–H and O–H groups in total. The molecule has 1 saturated carbocycles. The van der Waals surface area contributed by atoms with Gasteiger partial charge in [0.1, 0.15) is 6.29 Å². The van der Waals surface area contributed by atoms with Gasteiger partial charge in [0, 0.05) is 0 Å². The number of allylic oxidation sites excluding steroid dienone is 2. The zero-order valence-electron chi connectivity index (χ0n) is 9.35. The summed E-state index contributed by atoms with van der Waals surface area (Å²) in [7, 11) is 0. The molecule has 1 nitrogen and oxygen atoms in total. The third kappa shape index (κ3) is 3.65. The zero-order valence-corrected chi connectivity index (χ0v) is 9.35. The minimum Gasteiger partial charge on any atom is -0.298 e. The van der Waals surface area contributed by atoms with Crippen molar-refractivity contribution in [1.82, 2.24) is 0 Å². The van der Waals surface area contributed by atoms with Crippen molar-refractivity contribution in [1.29, 1.82) is 0 Å². The van der Waals surface area contributed by atoms with E-state index in [0.29, 0.717) is 0 Å². The summed E-state index contributed by atoms with van der Waals surface area (Å²) < 4.78 is 0. The van der Waals surface area contributed by atoms with Crippen molar-refractivity contribution in [2.75, 3.05) is 0 Å². The largest absolute Gasteiger partial charge is 0.298 e. The van der Waals surface area contributed by atoms with Crippen LogP contribution in [0.2, 0.25) is 0 Å². The SMILES string of the molecule is CCCCCCC(C=O)=C1CCCC1. The molecule has 0 heterocycles. The fourth-order valence-corrected chi connectivity index (χ4v) is 2.18. The molecule has 80 valence electrons. The van der Waals surface area contributed by atoms with E-state index in [9.17, 15) is 4.79 Å². The Balaban J connectivity index is 2.31. The van der Waals surface area contributed by atoms with Crippen LogP contribution in [0.25, 0.3) is 0 Å². The molecule has 0 aromatic heterocycles. The number of unbranched alkanes of at least 4 members (excludes halogenated alkanes) is 3. The Kier molecular flexibility index (Phi) is 5.58. The molecule has 0 spiro atoms. The van der Waals surface area contributed by atoms with Crippen molar-refractivity contribution in [2.45, 2.75) is 64.7 Å². The van der Waals surface area contributed by atoms with E-state index in [0.717, 1.165) is 18.3 Å². The summed E-state index contributed by atoms with van der Waals surface area (Å²) in [5.74, 6) is 0. The maximum absolute atomic E-state index is 10.9. The van der Waals surface area contributed by atoms with E-state index in [1.165, 1.54) is 56.9 Å². The third-order valence-electron chi connectivity index (χ3n) is 3.10. The molecular formula is C13H22O. The van der Waals surface area contributed by atoms with Crippen LogP contribution in [0.3, 0.4) is 0 Å². The molecule has 1 heteroatoms. The molecule has 1 aliphatic rings. The van der Waals surface area contributed by atoms with Gasteiger partial charge in [-0.25, -0.2) is 0 Å². The quantitative estimate of drug-likeness (QED) is 0.354. The first kappa shape index (κ1) is 11.5. The summed E-state index contributed by atoms with van der Waals surface area (Å²) in [4.78, 5) is 10.9. The summed E-state index contributed by atoms with van der Waals surface area (Å²) >= 11 is 0. The van der Waals surface area contributed by atoms with E-state index >= 15 is 0 Å². The van der Waals surface area contributed by atoms with Gasteiger partial charge in [0.15, 0.2) is 0 Å². The van der Waals surface area contributed by atoms with Crippen LogP contribution in [-0.4, -0.2) is 6.29 Å². The Hall–Kier alpha value is -0.590. The van der Waals surface area contributed by atoms with Crippen molar-refractivity contribution in [3.63, 3.8) is 0 Å². The fraction of sp³-hybridized carbons (Fsp3) is 0.769. The smallest absolute Gasteiger partial charge is 0.145 e. The van der Waals surface area contributed by atoms with E-state index in [2.05, 4.69) is 6.92 Å². The van der Waals surface area contributed by atoms with Crippen LogP contribution in [0.5, 0.6) is 0 Å². The van der Waals surface area contributed by atoms with Gasteiger partial charge in [0.25, 0.3) is 0 Å². The van der Waals surface area contributed by atoms with Crippen LogP contribution in [0, 0.1) is 0 Å². The minimum absolute atomic E-state index is 1.03. The predicted molar refractivity (Wildman–Crippen MR) is 60.3 cm³/mol. The molecule has 1 aliphatic carbocycles. The first-order valence-electron chi connectivity index (χ1n) is 6.04. The van der Waals surface area contributed by atoms with Gasteiger partial charge in [-0.2, -0.15) is 0 Å². The Labute approximate surface area is 87.6 Å². The van der Waals surface area contributed by atoms with Gasteiger partial charge in [0.05, 0.1) is 0 Å². The molecule has 0 aromatic carbocycles. The van der Waals surface area contributed by atoms with E-state index in [1.807, 2.05) is 0 Å². The molecule has 0 amide bonds. The van der Waals surface area contributed by atoms with Crippen LogP contribution in [0.4, 0.5) is 0 Å². The number of aldehydes is 1. The van der Waals surface area contributed by atoms with Crippen molar-refractivity contribution >= 4 is 6.29 Å². The van der Waals surface area contributed by atoms with E-state index in [4.69, 9.17) is 0 Å². The molecule has 0 atom stereocenters. The van der Waals surface area contributed by atoms with Crippen LogP contribution in [0.1, 0.15) is 64.7 Å². The lowest BCUT2D eigenvalue weighted by Crippen LogP contribution is -1.91. The van der Waals surface area contributed by atoms with E-state index in [1.54, 1.807) is 0 Å². The van der Waals surface area contributed by atoms with Gasteiger partial charge in [-0.05, 0) is 44.1 Å². The molecule has 0 aliphatic heterocycles. The van der Waals surface area contributed by atoms with E-state index < -0.39 is 0 Å². The van der Waals surface area contributed by atoms with Crippen LogP contribution in [-0.2, 0) is 4.79 Å². The third-order valence-corrected chi connectivity index (χ3v) is 3.10. The average Bonchev–Trinajstić information content (AvgIpc) is 2.71. The Morgan fingerprint density at radius 3 is 2.50 bits per heavy atom. The molecular weight excluding hydrogens is 172 g/mol. The maximum Gasteiger partial charge on any atom is 0.145 e. The van der Waals surface area contributed by atoms with Crippen LogP contribution >= 0.6 is 0 Å². The van der Waals surface area contributed by atoms with Gasteiger partial charge in [0.2, 0.25) is 0 Å². The summed E-state index contributed by atoms with van der Waals surface area (Å²) in [6.07, 6.45) is 12.1. The minimum atomic E-state index is 1.03. The number of carbonyl (C=O) groups is 1. The van der Waals surface area contributed by atoms with Gasteiger partial charge < -0.3 is 0 Å². The maximum atomic E-state index is 10.9. The monoisotopic (exact) mass is 194 g/mol. The second kappa shape index (κ2) is 6.80. The summed E-state index contributed by atoms with van der Waals surface area (Å²) in [5.41, 5.74) is 2.58. The van der Waals surface area contributed by atoms with Crippen molar-refractivity contribution in [3.8, 4) is 0 Å². The first-order chi connectivity index (χ1) is 6.88. The molecule has 0 bridgehead atoms. The first-order valence-corrected chi connectivity index (χ1v) is 6.04. The lowest BCUT2D eigenvalue weighted by atomic mass is 10.0. The summed E-state index contributed by atoms with van der Waals surface area (Å²) in [6.45, 7) is 2.22. The highest BCUT2D eigenvalue weighted by molar-refractivity contribution is 5.74. The van der Waals surface area contributed by atoms with Gasteiger partial charge in [-0.15, -0.1) is 0 Å². The summed E-state index contributed by atoms with van der Waals surface area (Å²) in [6, 6.07) is 0. The predicted octanol–water partition coefficient (Wildman–Crippen LogP) is 4.03. The average molecular weight is 194 g/mol. The highest BCUT2D eigenvalue weighted by Crippen LogP contribution is 2.28. The number of hydrogen-bond acceptors (Lipinski definition) is 1. The molecule has 0 unspecified atom stereocenters. The van der Waals surface area contributed by atoms with Crippen LogP contribution < -0.4 is 0 Å². The normalized spacial score (nSPS) is 15.9. The Morgan fingerprint density at radius 2 is 1.93 bits per heavy atom. The molecule has 14 heavy (non-hydrogen) atoms. The van der Waals surface area contributed by atoms with Gasteiger partial charge in [-0.1, -0.05) is 31.8 Å². The van der Waals surface area contributed by atoms with Crippen LogP contribution in [0.15, 0.2) is 11.1 Å². The highest BCUT2D eigenvalue weighted by Gasteiger charge is 2.11. The van der Waals surface area contributed by atoms with E-state index in [-0.39, 0.29) is 0 Å². The standard InChI is InChI=1S/C13H22O/c1-2-3-4-5-10-13(11-14)12-8-6-7-9-12/h11H,2-10H2,1H3. The molecule has 1 fully saturated rings. The lowest BCUT2D eigenvalue weighted by Gasteiger charge is -2.04. The Morgan fingerprint density at radius 1 is 1.21 bits per heavy atom. The molecule has 0 radical (unpaired) electrons. The fourth-order valence-electron chi connectivity index (χ4n) is 2.18. The molecule has 0 saturated heterocycles. The van der Waals surface area contributed by atoms with Crippen molar-refractivity contribution < 1.29 is 4.79 Å². The summed E-state index contributed by atoms with van der Waals surface area (Å²) in [5, 5.41) is 0. The topological polar surface area (TPSA) is 17.1 Å². The van der Waals surface area contributed by atoms with Crippen molar-refractivity contribution in [3.05, 3.63) is 11.1 Å². The molecule has 1 rings (SSSR count). The number of rotatable bonds is 6. The Bertz CT molecular complexity index is 195. The second-order valence-corrected chi connectivity index (χ2v) is 4.26. The second-order valence-electron chi connectivity index (χ2n) is 4.26. The van der Waals surface area contributed by atoms with Crippen molar-refractivity contribution in [2.24, 2.45) is 0 Å². The van der Waals surface area contributed by atoms with Gasteiger partial charge in [-0.3, -0.25) is 4.79 Å².